The zero-order valence-electron chi connectivity index (χ0n) is 8.79. The third-order valence-corrected chi connectivity index (χ3v) is 3.53. The van der Waals surface area contributed by atoms with Gasteiger partial charge in [-0.15, -0.1) is 11.8 Å². The number of hydrogen-bond donors (Lipinski definition) is 0. The molecule has 0 fully saturated rings. The van der Waals surface area contributed by atoms with Gasteiger partial charge < -0.3 is 4.42 Å². The Labute approximate surface area is 93.7 Å². The number of thioether (sulfide) groups is 1. The smallest absolute Gasteiger partial charge is 0.156 e. The fraction of sp³-hybridized carbons (Fsp3) is 0.417. The molecule has 80 valence electrons. The normalized spacial score (nSPS) is 15.8. The molecule has 0 bridgehead atoms. The van der Waals surface area contributed by atoms with Gasteiger partial charge in [0, 0.05) is 12.8 Å². The van der Waals surface area contributed by atoms with Crippen LogP contribution in [0.4, 0.5) is 0 Å². The predicted molar refractivity (Wildman–Crippen MR) is 61.7 cm³/mol. The summed E-state index contributed by atoms with van der Waals surface area (Å²) in [6, 6.07) is 4.03. The zero-order chi connectivity index (χ0) is 10.7. The van der Waals surface area contributed by atoms with Gasteiger partial charge in [0.25, 0.3) is 0 Å². The molecule has 1 aromatic rings. The molecule has 3 heteroatoms. The van der Waals surface area contributed by atoms with Gasteiger partial charge in [0.05, 0.1) is 5.75 Å². The summed E-state index contributed by atoms with van der Waals surface area (Å²) in [4.78, 5) is 12.2. The van der Waals surface area contributed by atoms with Crippen molar-refractivity contribution in [1.82, 2.24) is 0 Å². The summed E-state index contributed by atoms with van der Waals surface area (Å²) in [6.07, 6.45) is 4.28. The highest BCUT2D eigenvalue weighted by Gasteiger charge is 2.12. The number of ketones is 1. The second kappa shape index (κ2) is 4.71. The molecule has 0 atom stereocenters. The lowest BCUT2D eigenvalue weighted by molar-refractivity contribution is -0.114. The van der Waals surface area contributed by atoms with E-state index < -0.39 is 0 Å². The lowest BCUT2D eigenvalue weighted by Gasteiger charge is -1.98. The molecule has 0 unspecified atom stereocenters. The Morgan fingerprint density at radius 2 is 2.13 bits per heavy atom. The predicted octanol–water partition coefficient (Wildman–Crippen LogP) is 3.32. The van der Waals surface area contributed by atoms with E-state index in [4.69, 9.17) is 4.42 Å². The third kappa shape index (κ3) is 2.75. The van der Waals surface area contributed by atoms with Crippen molar-refractivity contribution in [3.63, 3.8) is 0 Å². The first kappa shape index (κ1) is 10.6. The topological polar surface area (TPSA) is 30.2 Å². The quantitative estimate of drug-likeness (QED) is 0.782. The van der Waals surface area contributed by atoms with Gasteiger partial charge >= 0.3 is 0 Å². The van der Waals surface area contributed by atoms with Crippen LogP contribution in [-0.2, 0) is 17.0 Å². The van der Waals surface area contributed by atoms with Crippen LogP contribution in [0.25, 0.3) is 0 Å². The summed E-state index contributed by atoms with van der Waals surface area (Å²) in [5, 5.41) is 0. The highest BCUT2D eigenvalue weighted by atomic mass is 32.2. The van der Waals surface area contributed by atoms with Gasteiger partial charge in [-0.1, -0.05) is 6.92 Å². The minimum Gasteiger partial charge on any atom is -0.465 e. The minimum absolute atomic E-state index is 0.256. The lowest BCUT2D eigenvalue weighted by Crippen LogP contribution is -1.80. The molecule has 1 aliphatic carbocycles. The maximum absolute atomic E-state index is 11.0. The van der Waals surface area contributed by atoms with E-state index >= 15 is 0 Å². The van der Waals surface area contributed by atoms with Crippen LogP contribution in [0.2, 0.25) is 0 Å². The number of rotatable bonds is 4. The molecular formula is C12H14O2S. The Bertz CT molecular complexity index is 390. The maximum Gasteiger partial charge on any atom is 0.156 e. The van der Waals surface area contributed by atoms with Crippen molar-refractivity contribution in [2.75, 3.05) is 0 Å². The summed E-state index contributed by atoms with van der Waals surface area (Å²) < 4.78 is 5.59. The fourth-order valence-corrected chi connectivity index (χ4v) is 2.48. The molecule has 1 aromatic heterocycles. The SMILES string of the molecule is CCc1ccc(CSC2=CC(=O)CC2)o1. The van der Waals surface area contributed by atoms with Gasteiger partial charge in [-0.25, -0.2) is 0 Å². The maximum atomic E-state index is 11.0. The molecule has 0 spiro atoms. The monoisotopic (exact) mass is 222 g/mol. The van der Waals surface area contributed by atoms with Gasteiger partial charge in [-0.05, 0) is 29.5 Å². The Balaban J connectivity index is 1.88. The second-order valence-electron chi connectivity index (χ2n) is 3.59. The molecule has 0 N–H and O–H groups in total. The van der Waals surface area contributed by atoms with Crippen molar-refractivity contribution in [3.8, 4) is 0 Å². The van der Waals surface area contributed by atoms with Gasteiger partial charge in [0.1, 0.15) is 11.5 Å². The zero-order valence-corrected chi connectivity index (χ0v) is 9.60. The van der Waals surface area contributed by atoms with E-state index in [0.717, 1.165) is 30.1 Å². The van der Waals surface area contributed by atoms with E-state index in [1.54, 1.807) is 17.8 Å². The van der Waals surface area contributed by atoms with Crippen LogP contribution in [0.5, 0.6) is 0 Å². The summed E-state index contributed by atoms with van der Waals surface area (Å²) in [6.45, 7) is 2.08. The van der Waals surface area contributed by atoms with Crippen molar-refractivity contribution in [1.29, 1.82) is 0 Å². The van der Waals surface area contributed by atoms with Crippen LogP contribution < -0.4 is 0 Å². The average molecular weight is 222 g/mol. The molecule has 0 aliphatic heterocycles. The molecule has 1 heterocycles. The molecule has 0 radical (unpaired) electrons. The summed E-state index contributed by atoms with van der Waals surface area (Å²) in [7, 11) is 0. The van der Waals surface area contributed by atoms with Crippen molar-refractivity contribution in [3.05, 3.63) is 34.6 Å². The second-order valence-corrected chi connectivity index (χ2v) is 4.69. The molecular weight excluding hydrogens is 208 g/mol. The average Bonchev–Trinajstić information content (AvgIpc) is 2.83. The Morgan fingerprint density at radius 3 is 2.73 bits per heavy atom. The minimum atomic E-state index is 0.256. The van der Waals surface area contributed by atoms with E-state index in [1.165, 1.54) is 4.91 Å². The lowest BCUT2D eigenvalue weighted by atomic mass is 10.3. The van der Waals surface area contributed by atoms with Gasteiger partial charge in [0.15, 0.2) is 5.78 Å². The highest BCUT2D eigenvalue weighted by Crippen LogP contribution is 2.29. The van der Waals surface area contributed by atoms with Crippen LogP contribution in [0, 0.1) is 0 Å². The van der Waals surface area contributed by atoms with Crippen molar-refractivity contribution < 1.29 is 9.21 Å². The fourth-order valence-electron chi connectivity index (χ4n) is 1.54. The summed E-state index contributed by atoms with van der Waals surface area (Å²) in [5.74, 6) is 3.12. The van der Waals surface area contributed by atoms with Crippen molar-refractivity contribution in [2.24, 2.45) is 0 Å². The van der Waals surface area contributed by atoms with Crippen LogP contribution >= 0.6 is 11.8 Å². The molecule has 1 aliphatic rings. The largest absolute Gasteiger partial charge is 0.465 e. The molecule has 0 amide bonds. The van der Waals surface area contributed by atoms with Crippen LogP contribution in [0.15, 0.2) is 27.5 Å². The van der Waals surface area contributed by atoms with Gasteiger partial charge in [-0.2, -0.15) is 0 Å². The van der Waals surface area contributed by atoms with E-state index in [-0.39, 0.29) is 5.78 Å². The van der Waals surface area contributed by atoms with E-state index in [9.17, 15) is 4.79 Å². The number of furan rings is 1. The van der Waals surface area contributed by atoms with Crippen LogP contribution in [0.3, 0.4) is 0 Å². The van der Waals surface area contributed by atoms with Gasteiger partial charge in [-0.3, -0.25) is 4.79 Å². The summed E-state index contributed by atoms with van der Waals surface area (Å²) >= 11 is 1.71. The van der Waals surface area contributed by atoms with Crippen molar-refractivity contribution in [2.45, 2.75) is 31.9 Å². The number of carbonyl (C=O) groups excluding carboxylic acids is 1. The Morgan fingerprint density at radius 1 is 1.33 bits per heavy atom. The van der Waals surface area contributed by atoms with E-state index in [1.807, 2.05) is 12.1 Å². The first-order chi connectivity index (χ1) is 7.28. The molecule has 15 heavy (non-hydrogen) atoms. The Kier molecular flexibility index (Phi) is 3.31. The first-order valence-electron chi connectivity index (χ1n) is 5.21. The highest BCUT2D eigenvalue weighted by molar-refractivity contribution is 8.02. The van der Waals surface area contributed by atoms with Crippen LogP contribution in [0.1, 0.15) is 31.3 Å². The van der Waals surface area contributed by atoms with Crippen molar-refractivity contribution >= 4 is 17.5 Å². The number of carbonyl (C=O) groups is 1. The number of aryl methyl sites for hydroxylation is 1. The third-order valence-electron chi connectivity index (χ3n) is 2.41. The Hall–Kier alpha value is -0.960. The van der Waals surface area contributed by atoms with Gasteiger partial charge in [0.2, 0.25) is 0 Å². The molecule has 0 saturated carbocycles. The van der Waals surface area contributed by atoms with Crippen LogP contribution in [-0.4, -0.2) is 5.78 Å². The summed E-state index contributed by atoms with van der Waals surface area (Å²) in [5.41, 5.74) is 0. The van der Waals surface area contributed by atoms with E-state index in [0.29, 0.717) is 6.42 Å². The number of allylic oxidation sites excluding steroid dienone is 2. The van der Waals surface area contributed by atoms with E-state index in [2.05, 4.69) is 6.92 Å². The number of hydrogen-bond acceptors (Lipinski definition) is 3. The molecule has 2 rings (SSSR count). The first-order valence-corrected chi connectivity index (χ1v) is 6.20. The molecule has 0 aromatic carbocycles. The molecule has 2 nitrogen and oxygen atoms in total. The molecule has 0 saturated heterocycles. The standard InChI is InChI=1S/C12H14O2S/c1-2-10-4-5-11(14-10)8-15-12-6-3-9(13)7-12/h4-5,7H,2-3,6,8H2,1H3.